The lowest BCUT2D eigenvalue weighted by atomic mass is 9.99. The number of likely N-dealkylation sites (N-methyl/N-ethyl adjacent to an activating group) is 2. The molecule has 0 spiro atoms. The molecule has 1 aromatic heterocycles. The third kappa shape index (κ3) is 5.94. The summed E-state index contributed by atoms with van der Waals surface area (Å²) in [5.74, 6) is 0.431. The number of aliphatic imine (C=N–C) groups is 1. The highest BCUT2D eigenvalue weighted by Crippen LogP contribution is 2.39. The first-order chi connectivity index (χ1) is 17.4. The predicted molar refractivity (Wildman–Crippen MR) is 130 cm³/mol. The van der Waals surface area contributed by atoms with E-state index in [4.69, 9.17) is 9.73 Å². The number of hydrogen-bond donors (Lipinski definition) is 1. The summed E-state index contributed by atoms with van der Waals surface area (Å²) in [6.45, 7) is 0.205. The fourth-order valence-electron chi connectivity index (χ4n) is 4.25. The van der Waals surface area contributed by atoms with E-state index in [0.717, 1.165) is 6.07 Å². The number of thioether (sulfide) groups is 1. The Morgan fingerprint density at radius 2 is 1.73 bits per heavy atom. The standard InChI is InChI=1S/C24H23F6N5OS/c1-34-18(20-17(23(25,26)27)5-4-12-31-20)11-10-16-21(33-19(13-36-3)35(2)22(16)34)32-14-6-8-15(9-7-14)37-24(28,29)30/h4-12,19,22H,13H2,1-3H3,(H,32,33). The van der Waals surface area contributed by atoms with Crippen molar-refractivity contribution in [1.82, 2.24) is 14.8 Å². The minimum absolute atomic E-state index is 0.0403. The van der Waals surface area contributed by atoms with E-state index < -0.39 is 29.6 Å². The van der Waals surface area contributed by atoms with Crippen molar-refractivity contribution < 1.29 is 31.1 Å². The Hall–Kier alpha value is -3.03. The lowest BCUT2D eigenvalue weighted by Gasteiger charge is -2.46. The Balaban J connectivity index is 1.71. The topological polar surface area (TPSA) is 53.0 Å². The number of aromatic nitrogens is 1. The molecule has 2 unspecified atom stereocenters. The fourth-order valence-corrected chi connectivity index (χ4v) is 4.79. The first-order valence-corrected chi connectivity index (χ1v) is 11.8. The molecule has 4 rings (SSSR count). The highest BCUT2D eigenvalue weighted by atomic mass is 32.2. The van der Waals surface area contributed by atoms with Gasteiger partial charge in [0.1, 0.15) is 18.2 Å². The molecule has 1 N–H and O–H groups in total. The lowest BCUT2D eigenvalue weighted by Crippen LogP contribution is -2.56. The second-order valence-corrected chi connectivity index (χ2v) is 9.47. The number of nitrogens with zero attached hydrogens (tertiary/aromatic N) is 4. The maximum absolute atomic E-state index is 13.7. The van der Waals surface area contributed by atoms with Crippen LogP contribution in [0.4, 0.5) is 32.0 Å². The monoisotopic (exact) mass is 543 g/mol. The van der Waals surface area contributed by atoms with Gasteiger partial charge in [0.2, 0.25) is 0 Å². The molecule has 1 aromatic carbocycles. The molecule has 37 heavy (non-hydrogen) atoms. The zero-order chi connectivity index (χ0) is 27.0. The lowest BCUT2D eigenvalue weighted by molar-refractivity contribution is -0.138. The van der Waals surface area contributed by atoms with Gasteiger partial charge in [-0.25, -0.2) is 4.99 Å². The van der Waals surface area contributed by atoms with Crippen LogP contribution in [0.5, 0.6) is 0 Å². The van der Waals surface area contributed by atoms with Crippen LogP contribution in [0.15, 0.2) is 70.2 Å². The van der Waals surface area contributed by atoms with Gasteiger partial charge in [0, 0.05) is 36.5 Å². The van der Waals surface area contributed by atoms with E-state index in [-0.39, 0.29) is 34.7 Å². The summed E-state index contributed by atoms with van der Waals surface area (Å²) in [6, 6.07) is 7.94. The summed E-state index contributed by atoms with van der Waals surface area (Å²) in [4.78, 5) is 12.3. The number of fused-ring (bicyclic) bond motifs is 1. The van der Waals surface area contributed by atoms with Gasteiger partial charge in [0.25, 0.3) is 0 Å². The van der Waals surface area contributed by atoms with Gasteiger partial charge in [0.05, 0.1) is 23.6 Å². The molecule has 2 aliphatic heterocycles. The number of alkyl halides is 6. The smallest absolute Gasteiger partial charge is 0.381 e. The van der Waals surface area contributed by atoms with Crippen LogP contribution in [-0.4, -0.2) is 66.3 Å². The summed E-state index contributed by atoms with van der Waals surface area (Å²) in [5.41, 5.74) is -3.99. The van der Waals surface area contributed by atoms with Crippen molar-refractivity contribution in [3.05, 3.63) is 71.6 Å². The molecule has 0 radical (unpaired) electrons. The Kier molecular flexibility index (Phi) is 7.58. The molecule has 0 fully saturated rings. The Morgan fingerprint density at radius 1 is 1.03 bits per heavy atom. The number of amidine groups is 1. The fraction of sp³-hybridized carbons (Fsp3) is 0.333. The summed E-state index contributed by atoms with van der Waals surface area (Å²) < 4.78 is 84.4. The van der Waals surface area contributed by atoms with E-state index in [1.165, 1.54) is 43.6 Å². The Labute approximate surface area is 213 Å². The number of allylic oxidation sites excluding steroid dienone is 2. The second kappa shape index (κ2) is 10.4. The summed E-state index contributed by atoms with van der Waals surface area (Å²) in [6.07, 6.45) is -1.06. The first-order valence-electron chi connectivity index (χ1n) is 11.0. The normalized spacial score (nSPS) is 20.7. The molecule has 13 heteroatoms. The number of ether oxygens (including phenoxy) is 1. The van der Waals surface area contributed by atoms with E-state index in [1.807, 2.05) is 4.90 Å². The highest BCUT2D eigenvalue weighted by molar-refractivity contribution is 8.00. The van der Waals surface area contributed by atoms with Gasteiger partial charge in [-0.05, 0) is 67.4 Å². The molecule has 6 nitrogen and oxygen atoms in total. The Bertz CT molecular complexity index is 1230. The van der Waals surface area contributed by atoms with Crippen LogP contribution in [-0.2, 0) is 10.9 Å². The zero-order valence-corrected chi connectivity index (χ0v) is 20.7. The molecule has 2 aliphatic rings. The summed E-state index contributed by atoms with van der Waals surface area (Å²) in [5, 5.41) is 3.15. The molecule has 198 valence electrons. The SMILES string of the molecule is COCC1N=C(Nc2ccc(SC(F)(F)F)cc2)C2=CC=C(c3ncccc3C(F)(F)F)N(C)C2N1C. The third-order valence-electron chi connectivity index (χ3n) is 5.88. The molecule has 2 aromatic rings. The van der Waals surface area contributed by atoms with E-state index in [9.17, 15) is 26.3 Å². The van der Waals surface area contributed by atoms with Crippen LogP contribution < -0.4 is 5.32 Å². The number of pyridine rings is 1. The number of benzene rings is 1. The quantitative estimate of drug-likeness (QED) is 0.387. The molecule has 0 bridgehead atoms. The molecular weight excluding hydrogens is 520 g/mol. The van der Waals surface area contributed by atoms with E-state index in [2.05, 4.69) is 10.3 Å². The first kappa shape index (κ1) is 27.0. The second-order valence-electron chi connectivity index (χ2n) is 8.33. The Morgan fingerprint density at radius 3 is 2.35 bits per heavy atom. The van der Waals surface area contributed by atoms with E-state index in [0.29, 0.717) is 17.1 Å². The van der Waals surface area contributed by atoms with Crippen molar-refractivity contribution >= 4 is 29.0 Å². The van der Waals surface area contributed by atoms with Gasteiger partial charge in [-0.2, -0.15) is 26.3 Å². The van der Waals surface area contributed by atoms with Gasteiger partial charge < -0.3 is 15.0 Å². The van der Waals surface area contributed by atoms with Gasteiger partial charge in [-0.1, -0.05) is 0 Å². The largest absolute Gasteiger partial charge is 0.446 e. The summed E-state index contributed by atoms with van der Waals surface area (Å²) in [7, 11) is 4.97. The molecule has 0 amide bonds. The molecule has 3 heterocycles. The number of rotatable bonds is 5. The number of hydrogen-bond acceptors (Lipinski definition) is 7. The maximum atomic E-state index is 13.7. The van der Waals surface area contributed by atoms with Crippen LogP contribution in [0.3, 0.4) is 0 Å². The molecule has 0 aliphatic carbocycles. The van der Waals surface area contributed by atoms with Crippen LogP contribution >= 0.6 is 11.8 Å². The minimum Gasteiger partial charge on any atom is -0.381 e. The van der Waals surface area contributed by atoms with Crippen LogP contribution in [0.1, 0.15) is 11.3 Å². The third-order valence-corrected chi connectivity index (χ3v) is 6.61. The minimum atomic E-state index is -4.59. The zero-order valence-electron chi connectivity index (χ0n) is 19.9. The van der Waals surface area contributed by atoms with Crippen molar-refractivity contribution in [1.29, 1.82) is 0 Å². The number of nitrogens with one attached hydrogen (secondary N) is 1. The van der Waals surface area contributed by atoms with Gasteiger partial charge in [-0.15, -0.1) is 0 Å². The number of anilines is 1. The van der Waals surface area contributed by atoms with Gasteiger partial charge in [-0.3, -0.25) is 9.88 Å². The van der Waals surface area contributed by atoms with Crippen LogP contribution in [0.25, 0.3) is 5.70 Å². The van der Waals surface area contributed by atoms with E-state index >= 15 is 0 Å². The maximum Gasteiger partial charge on any atom is 0.446 e. The molecular formula is C24H23F6N5OS. The van der Waals surface area contributed by atoms with Crippen molar-refractivity contribution in [2.24, 2.45) is 4.99 Å². The highest BCUT2D eigenvalue weighted by Gasteiger charge is 2.41. The van der Waals surface area contributed by atoms with E-state index in [1.54, 1.807) is 31.1 Å². The van der Waals surface area contributed by atoms with Crippen LogP contribution in [0.2, 0.25) is 0 Å². The van der Waals surface area contributed by atoms with Crippen molar-refractivity contribution in [3.8, 4) is 0 Å². The van der Waals surface area contributed by atoms with Crippen LogP contribution in [0, 0.1) is 0 Å². The predicted octanol–water partition coefficient (Wildman–Crippen LogP) is 5.68. The van der Waals surface area contributed by atoms with Crippen molar-refractivity contribution in [3.63, 3.8) is 0 Å². The average Bonchev–Trinajstić information content (AvgIpc) is 2.82. The molecule has 2 atom stereocenters. The summed E-state index contributed by atoms with van der Waals surface area (Å²) >= 11 is -0.211. The van der Waals surface area contributed by atoms with Gasteiger partial charge >= 0.3 is 11.7 Å². The number of methoxy groups -OCH3 is 1. The average molecular weight is 544 g/mol. The van der Waals surface area contributed by atoms with Crippen molar-refractivity contribution in [2.45, 2.75) is 28.9 Å². The van der Waals surface area contributed by atoms with Gasteiger partial charge in [0.15, 0.2) is 0 Å². The molecule has 0 saturated heterocycles. The van der Waals surface area contributed by atoms with Crippen molar-refractivity contribution in [2.75, 3.05) is 33.1 Å². The molecule has 0 saturated carbocycles. The number of halogens is 6.